The molecule has 2 atom stereocenters. The van der Waals surface area contributed by atoms with E-state index in [0.717, 1.165) is 32.0 Å². The molecule has 0 N–H and O–H groups in total. The average molecular weight is 312 g/mol. The van der Waals surface area contributed by atoms with Crippen molar-refractivity contribution in [3.8, 4) is 0 Å². The first-order valence-electron chi connectivity index (χ1n) is 9.02. The van der Waals surface area contributed by atoms with Gasteiger partial charge in [0.05, 0.1) is 6.10 Å². The number of rotatable bonds is 13. The van der Waals surface area contributed by atoms with Gasteiger partial charge in [-0.3, -0.25) is 4.79 Å². The van der Waals surface area contributed by atoms with Crippen LogP contribution < -0.4 is 0 Å². The first kappa shape index (κ1) is 19.1. The van der Waals surface area contributed by atoms with Crippen LogP contribution in [0.5, 0.6) is 0 Å². The summed E-state index contributed by atoms with van der Waals surface area (Å²) in [6.45, 7) is 2.53. The Kier molecular flexibility index (Phi) is 11.0. The van der Waals surface area contributed by atoms with E-state index < -0.39 is 0 Å². The average Bonchev–Trinajstić information content (AvgIpc) is 2.99. The Labute approximate surface area is 134 Å². The fourth-order valence-corrected chi connectivity index (χ4v) is 2.79. The minimum absolute atomic E-state index is 0.0951. The molecule has 128 valence electrons. The van der Waals surface area contributed by atoms with Gasteiger partial charge >= 0.3 is 5.97 Å². The molecule has 1 fully saturated rings. The lowest BCUT2D eigenvalue weighted by molar-refractivity contribution is -0.147. The van der Waals surface area contributed by atoms with Crippen LogP contribution in [0.25, 0.3) is 0 Å². The smallest absolute Gasteiger partial charge is 0.305 e. The highest BCUT2D eigenvalue weighted by Crippen LogP contribution is 2.18. The minimum Gasteiger partial charge on any atom is -0.463 e. The van der Waals surface area contributed by atoms with E-state index in [4.69, 9.17) is 9.47 Å². The van der Waals surface area contributed by atoms with E-state index in [0.29, 0.717) is 13.0 Å². The number of hydrogen-bond donors (Lipinski definition) is 0. The van der Waals surface area contributed by atoms with Crippen molar-refractivity contribution >= 4 is 12.3 Å². The Morgan fingerprint density at radius 1 is 1.05 bits per heavy atom. The molecule has 0 bridgehead atoms. The van der Waals surface area contributed by atoms with Crippen LogP contribution in [0.1, 0.15) is 84.0 Å². The summed E-state index contributed by atoms with van der Waals surface area (Å²) in [7, 11) is 0. The van der Waals surface area contributed by atoms with Gasteiger partial charge in [-0.1, -0.05) is 58.3 Å². The van der Waals surface area contributed by atoms with Crippen LogP contribution in [0.15, 0.2) is 0 Å². The summed E-state index contributed by atoms with van der Waals surface area (Å²) in [6, 6.07) is 0. The van der Waals surface area contributed by atoms with Crippen molar-refractivity contribution in [3.05, 3.63) is 0 Å². The van der Waals surface area contributed by atoms with E-state index in [1.165, 1.54) is 44.9 Å². The number of aldehydes is 1. The van der Waals surface area contributed by atoms with Crippen LogP contribution in [0.3, 0.4) is 0 Å². The van der Waals surface area contributed by atoms with E-state index >= 15 is 0 Å². The topological polar surface area (TPSA) is 52.6 Å². The third-order valence-corrected chi connectivity index (χ3v) is 4.21. The lowest BCUT2D eigenvalue weighted by atomic mass is 10.1. The summed E-state index contributed by atoms with van der Waals surface area (Å²) in [5, 5.41) is 0. The number of carbonyl (C=O) groups is 2. The van der Waals surface area contributed by atoms with Crippen molar-refractivity contribution in [1.29, 1.82) is 0 Å². The van der Waals surface area contributed by atoms with Crippen LogP contribution in [0, 0.1) is 0 Å². The molecule has 1 saturated heterocycles. The molecule has 2 unspecified atom stereocenters. The number of ether oxygens (including phenoxy) is 2. The van der Waals surface area contributed by atoms with Crippen LogP contribution >= 0.6 is 0 Å². The van der Waals surface area contributed by atoms with Gasteiger partial charge in [0.15, 0.2) is 0 Å². The van der Waals surface area contributed by atoms with Crippen LogP contribution in [-0.4, -0.2) is 31.1 Å². The zero-order valence-corrected chi connectivity index (χ0v) is 14.1. The van der Waals surface area contributed by atoms with Gasteiger partial charge in [0.2, 0.25) is 0 Å². The molecule has 0 radical (unpaired) electrons. The number of carbonyl (C=O) groups excluding carboxylic acids is 2. The van der Waals surface area contributed by atoms with E-state index in [9.17, 15) is 9.59 Å². The maximum Gasteiger partial charge on any atom is 0.305 e. The SMILES string of the molecule is CCCCCCCCCCCC(=O)OCC1CCC(C=O)O1. The molecule has 4 heteroatoms. The molecular formula is C18H32O4. The molecule has 0 saturated carbocycles. The number of hydrogen-bond acceptors (Lipinski definition) is 4. The normalized spacial score (nSPS) is 21.0. The molecule has 0 aromatic rings. The molecule has 0 aliphatic carbocycles. The highest BCUT2D eigenvalue weighted by atomic mass is 16.6. The van der Waals surface area contributed by atoms with Crippen molar-refractivity contribution in [2.75, 3.05) is 6.61 Å². The van der Waals surface area contributed by atoms with Crippen molar-refractivity contribution in [1.82, 2.24) is 0 Å². The van der Waals surface area contributed by atoms with E-state index in [2.05, 4.69) is 6.92 Å². The lowest BCUT2D eigenvalue weighted by Crippen LogP contribution is -2.20. The van der Waals surface area contributed by atoms with Crippen LogP contribution in [-0.2, 0) is 19.1 Å². The van der Waals surface area contributed by atoms with Gasteiger partial charge < -0.3 is 14.3 Å². The van der Waals surface area contributed by atoms with Gasteiger partial charge in [0, 0.05) is 6.42 Å². The van der Waals surface area contributed by atoms with Gasteiger partial charge in [-0.2, -0.15) is 0 Å². The molecule has 0 spiro atoms. The fraction of sp³-hybridized carbons (Fsp3) is 0.889. The molecule has 1 rings (SSSR count). The van der Waals surface area contributed by atoms with E-state index in [1.807, 2.05) is 0 Å². The summed E-state index contributed by atoms with van der Waals surface area (Å²) < 4.78 is 10.6. The Bertz CT molecular complexity index is 303. The van der Waals surface area contributed by atoms with Gasteiger partial charge in [0.25, 0.3) is 0 Å². The maximum absolute atomic E-state index is 11.6. The van der Waals surface area contributed by atoms with Gasteiger partial charge in [-0.05, 0) is 19.3 Å². The van der Waals surface area contributed by atoms with Gasteiger partial charge in [-0.15, -0.1) is 0 Å². The van der Waals surface area contributed by atoms with Gasteiger partial charge in [0.1, 0.15) is 19.0 Å². The maximum atomic E-state index is 11.6. The predicted octanol–water partition coefficient (Wildman–Crippen LogP) is 4.20. The highest BCUT2D eigenvalue weighted by Gasteiger charge is 2.25. The zero-order valence-electron chi connectivity index (χ0n) is 14.1. The van der Waals surface area contributed by atoms with E-state index in [1.54, 1.807) is 0 Å². The fourth-order valence-electron chi connectivity index (χ4n) is 2.79. The van der Waals surface area contributed by atoms with Crippen molar-refractivity contribution in [2.24, 2.45) is 0 Å². The van der Waals surface area contributed by atoms with Crippen molar-refractivity contribution in [3.63, 3.8) is 0 Å². The summed E-state index contributed by atoms with van der Waals surface area (Å²) in [5.41, 5.74) is 0. The Balaban J connectivity index is 1.86. The molecule has 22 heavy (non-hydrogen) atoms. The monoisotopic (exact) mass is 312 g/mol. The Morgan fingerprint density at radius 2 is 1.68 bits per heavy atom. The minimum atomic E-state index is -0.305. The second kappa shape index (κ2) is 12.6. The molecule has 1 heterocycles. The highest BCUT2D eigenvalue weighted by molar-refractivity contribution is 5.69. The van der Waals surface area contributed by atoms with Crippen molar-refractivity contribution in [2.45, 2.75) is 96.2 Å². The summed E-state index contributed by atoms with van der Waals surface area (Å²) in [6.07, 6.45) is 13.6. The summed E-state index contributed by atoms with van der Waals surface area (Å²) >= 11 is 0. The first-order valence-corrected chi connectivity index (χ1v) is 9.02. The standard InChI is InChI=1S/C18H32O4/c1-2-3-4-5-6-7-8-9-10-11-18(20)21-15-17-13-12-16(14-19)22-17/h14,16-17H,2-13,15H2,1H3. The van der Waals surface area contributed by atoms with Crippen molar-refractivity contribution < 1.29 is 19.1 Å². The zero-order chi connectivity index (χ0) is 16.0. The lowest BCUT2D eigenvalue weighted by Gasteiger charge is -2.11. The summed E-state index contributed by atoms with van der Waals surface area (Å²) in [4.78, 5) is 22.2. The largest absolute Gasteiger partial charge is 0.463 e. The third kappa shape index (κ3) is 9.19. The second-order valence-corrected chi connectivity index (χ2v) is 6.27. The molecule has 0 aromatic heterocycles. The quantitative estimate of drug-likeness (QED) is 0.290. The Morgan fingerprint density at radius 3 is 2.27 bits per heavy atom. The Hall–Kier alpha value is -0.900. The van der Waals surface area contributed by atoms with Crippen LogP contribution in [0.2, 0.25) is 0 Å². The molecule has 1 aliphatic heterocycles. The molecule has 0 amide bonds. The molecule has 4 nitrogen and oxygen atoms in total. The predicted molar refractivity (Wildman–Crippen MR) is 86.8 cm³/mol. The summed E-state index contributed by atoms with van der Waals surface area (Å²) in [5.74, 6) is -0.138. The molecule has 1 aliphatic rings. The second-order valence-electron chi connectivity index (χ2n) is 6.27. The van der Waals surface area contributed by atoms with E-state index in [-0.39, 0.29) is 18.2 Å². The van der Waals surface area contributed by atoms with Crippen LogP contribution in [0.4, 0.5) is 0 Å². The molecule has 0 aromatic carbocycles. The first-order chi connectivity index (χ1) is 10.8. The van der Waals surface area contributed by atoms with Gasteiger partial charge in [-0.25, -0.2) is 0 Å². The third-order valence-electron chi connectivity index (χ3n) is 4.21. The number of unbranched alkanes of at least 4 members (excludes halogenated alkanes) is 8. The number of esters is 1. The molecular weight excluding hydrogens is 280 g/mol.